The van der Waals surface area contributed by atoms with E-state index in [0.717, 1.165) is 0 Å². The van der Waals surface area contributed by atoms with Crippen molar-refractivity contribution in [2.45, 2.75) is 19.1 Å². The van der Waals surface area contributed by atoms with E-state index < -0.39 is 24.1 Å². The molecule has 0 aliphatic carbocycles. The molecule has 0 amide bonds. The number of aliphatic hydroxyl groups excluding tert-OH is 1. The minimum atomic E-state index is -0.946. The summed E-state index contributed by atoms with van der Waals surface area (Å²) in [7, 11) is 1.22. The summed E-state index contributed by atoms with van der Waals surface area (Å²) in [5.74, 6) is -1.87. The first-order valence-corrected chi connectivity index (χ1v) is 4.62. The minimum Gasteiger partial charge on any atom is -0.468 e. The second-order valence-corrected chi connectivity index (χ2v) is 3.36. The molecule has 0 aromatic heterocycles. The molecule has 0 saturated carbocycles. The smallest absolute Gasteiger partial charge is 0.319 e. The van der Waals surface area contributed by atoms with Crippen LogP contribution in [0, 0.1) is 5.92 Å². The van der Waals surface area contributed by atoms with Gasteiger partial charge >= 0.3 is 5.97 Å². The Kier molecular flexibility index (Phi) is 3.99. The van der Waals surface area contributed by atoms with Gasteiger partial charge in [-0.1, -0.05) is 12.2 Å². The molecule has 0 radical (unpaired) electrons. The first-order valence-electron chi connectivity index (χ1n) is 4.62. The molecular weight excluding hydrogens is 200 g/mol. The van der Waals surface area contributed by atoms with Crippen LogP contribution in [0.4, 0.5) is 0 Å². The number of carbonyl (C=O) groups excluding carboxylic acids is 2. The Balaban J connectivity index is 2.77. The second kappa shape index (κ2) is 5.04. The summed E-state index contributed by atoms with van der Waals surface area (Å²) in [6.45, 7) is 1.39. The van der Waals surface area contributed by atoms with Gasteiger partial charge in [0.05, 0.1) is 25.9 Å². The molecule has 1 N–H and O–H groups in total. The lowest BCUT2D eigenvalue weighted by Gasteiger charge is -2.25. The van der Waals surface area contributed by atoms with Crippen molar-refractivity contribution in [3.8, 4) is 0 Å². The van der Waals surface area contributed by atoms with Gasteiger partial charge < -0.3 is 14.6 Å². The maximum Gasteiger partial charge on any atom is 0.319 e. The molecule has 5 heteroatoms. The predicted octanol–water partition coefficient (Wildman–Crippen LogP) is -0.320. The van der Waals surface area contributed by atoms with Crippen LogP contribution < -0.4 is 0 Å². The highest BCUT2D eigenvalue weighted by Crippen LogP contribution is 2.17. The number of rotatable bonds is 3. The van der Waals surface area contributed by atoms with Crippen molar-refractivity contribution in [2.24, 2.45) is 5.92 Å². The van der Waals surface area contributed by atoms with Crippen molar-refractivity contribution in [2.75, 3.05) is 13.7 Å². The Labute approximate surface area is 87.7 Å². The number of methoxy groups -OCH3 is 1. The zero-order valence-corrected chi connectivity index (χ0v) is 8.67. The summed E-state index contributed by atoms with van der Waals surface area (Å²) in [4.78, 5) is 22.6. The fourth-order valence-corrected chi connectivity index (χ4v) is 1.42. The minimum absolute atomic E-state index is 0.0853. The Morgan fingerprint density at radius 2 is 2.20 bits per heavy atom. The molecule has 1 rings (SSSR count). The van der Waals surface area contributed by atoms with Crippen LogP contribution in [0.25, 0.3) is 0 Å². The largest absolute Gasteiger partial charge is 0.468 e. The molecule has 1 aliphatic heterocycles. The second-order valence-electron chi connectivity index (χ2n) is 3.36. The lowest BCUT2D eigenvalue weighted by atomic mass is 9.96. The van der Waals surface area contributed by atoms with Crippen molar-refractivity contribution in [3.63, 3.8) is 0 Å². The van der Waals surface area contributed by atoms with Gasteiger partial charge in [0.15, 0.2) is 0 Å². The van der Waals surface area contributed by atoms with Crippen molar-refractivity contribution in [3.05, 3.63) is 12.2 Å². The predicted molar refractivity (Wildman–Crippen MR) is 51.1 cm³/mol. The molecule has 1 aliphatic rings. The molecular formula is C10H14O5. The third-order valence-electron chi connectivity index (χ3n) is 2.20. The SMILES string of the molecule is COC(=O)C(C(C)=O)[C@H]1C=C[C@@H](O)CO1. The van der Waals surface area contributed by atoms with Gasteiger partial charge in [-0.05, 0) is 6.92 Å². The molecule has 0 saturated heterocycles. The molecule has 0 fully saturated rings. The van der Waals surface area contributed by atoms with Crippen LogP contribution in [0.3, 0.4) is 0 Å². The van der Waals surface area contributed by atoms with E-state index in [4.69, 9.17) is 9.84 Å². The van der Waals surface area contributed by atoms with Crippen LogP contribution in [0.2, 0.25) is 0 Å². The van der Waals surface area contributed by atoms with E-state index in [1.165, 1.54) is 26.2 Å². The number of aliphatic hydroxyl groups is 1. The maximum atomic E-state index is 11.3. The van der Waals surface area contributed by atoms with Crippen molar-refractivity contribution in [1.29, 1.82) is 0 Å². The van der Waals surface area contributed by atoms with Crippen LogP contribution in [-0.4, -0.2) is 42.8 Å². The highest BCUT2D eigenvalue weighted by atomic mass is 16.5. The number of ketones is 1. The van der Waals surface area contributed by atoms with Gasteiger partial charge in [-0.15, -0.1) is 0 Å². The third-order valence-corrected chi connectivity index (χ3v) is 2.20. The molecule has 0 spiro atoms. The fourth-order valence-electron chi connectivity index (χ4n) is 1.42. The normalized spacial score (nSPS) is 27.1. The fraction of sp³-hybridized carbons (Fsp3) is 0.600. The molecule has 15 heavy (non-hydrogen) atoms. The summed E-state index contributed by atoms with van der Waals surface area (Å²) < 4.78 is 9.70. The summed E-state index contributed by atoms with van der Waals surface area (Å²) in [6.07, 6.45) is 1.70. The van der Waals surface area contributed by atoms with Crippen molar-refractivity contribution in [1.82, 2.24) is 0 Å². The van der Waals surface area contributed by atoms with Gasteiger partial charge in [-0.3, -0.25) is 9.59 Å². The zero-order valence-electron chi connectivity index (χ0n) is 8.67. The Morgan fingerprint density at radius 3 is 2.60 bits per heavy atom. The standard InChI is InChI=1S/C10H14O5/c1-6(11)9(10(13)14-2)8-4-3-7(12)5-15-8/h3-4,7-9,12H,5H2,1-2H3/t7-,8-,9?/m1/s1. The highest BCUT2D eigenvalue weighted by Gasteiger charge is 2.34. The topological polar surface area (TPSA) is 72.8 Å². The van der Waals surface area contributed by atoms with Gasteiger partial charge in [0.1, 0.15) is 11.7 Å². The van der Waals surface area contributed by atoms with Gasteiger partial charge in [0.25, 0.3) is 0 Å². The molecule has 5 nitrogen and oxygen atoms in total. The average molecular weight is 214 g/mol. The Morgan fingerprint density at radius 1 is 1.53 bits per heavy atom. The lowest BCUT2D eigenvalue weighted by molar-refractivity contribution is -0.154. The molecule has 1 heterocycles. The quantitative estimate of drug-likeness (QED) is 0.396. The third kappa shape index (κ3) is 2.87. The number of esters is 1. The summed E-state index contributed by atoms with van der Waals surface area (Å²) >= 11 is 0. The van der Waals surface area contributed by atoms with Crippen LogP contribution >= 0.6 is 0 Å². The molecule has 84 valence electrons. The summed E-state index contributed by atoms with van der Waals surface area (Å²) in [6, 6.07) is 0. The summed E-state index contributed by atoms with van der Waals surface area (Å²) in [5, 5.41) is 9.13. The molecule has 0 aromatic rings. The van der Waals surface area contributed by atoms with Crippen molar-refractivity contribution >= 4 is 11.8 Å². The Bertz CT molecular complexity index is 284. The highest BCUT2D eigenvalue weighted by molar-refractivity contribution is 5.98. The van der Waals surface area contributed by atoms with E-state index in [1.807, 2.05) is 0 Å². The van der Waals surface area contributed by atoms with Gasteiger partial charge in [-0.2, -0.15) is 0 Å². The van der Waals surface area contributed by atoms with Crippen LogP contribution in [0.5, 0.6) is 0 Å². The van der Waals surface area contributed by atoms with E-state index in [9.17, 15) is 9.59 Å². The van der Waals surface area contributed by atoms with Gasteiger partial charge in [0, 0.05) is 0 Å². The number of hydrogen-bond acceptors (Lipinski definition) is 5. The van der Waals surface area contributed by atoms with E-state index in [2.05, 4.69) is 4.74 Å². The van der Waals surface area contributed by atoms with Gasteiger partial charge in [-0.25, -0.2) is 0 Å². The van der Waals surface area contributed by atoms with Crippen LogP contribution in [0.15, 0.2) is 12.2 Å². The molecule has 3 atom stereocenters. The Hall–Kier alpha value is -1.20. The lowest BCUT2D eigenvalue weighted by Crippen LogP contribution is -2.39. The molecule has 0 bridgehead atoms. The number of hydrogen-bond donors (Lipinski definition) is 1. The zero-order chi connectivity index (χ0) is 11.4. The first-order chi connectivity index (χ1) is 7.06. The van der Waals surface area contributed by atoms with Crippen LogP contribution in [-0.2, 0) is 19.1 Å². The van der Waals surface area contributed by atoms with E-state index in [-0.39, 0.29) is 12.4 Å². The summed E-state index contributed by atoms with van der Waals surface area (Å²) in [5.41, 5.74) is 0. The van der Waals surface area contributed by atoms with Gasteiger partial charge in [0.2, 0.25) is 0 Å². The number of ether oxygens (including phenoxy) is 2. The first kappa shape index (κ1) is 11.9. The van der Waals surface area contributed by atoms with E-state index in [0.29, 0.717) is 0 Å². The van der Waals surface area contributed by atoms with Crippen LogP contribution in [0.1, 0.15) is 6.92 Å². The van der Waals surface area contributed by atoms with Crippen molar-refractivity contribution < 1.29 is 24.2 Å². The van der Waals surface area contributed by atoms with E-state index >= 15 is 0 Å². The monoisotopic (exact) mass is 214 g/mol. The number of carbonyl (C=O) groups is 2. The van der Waals surface area contributed by atoms with E-state index in [1.54, 1.807) is 0 Å². The maximum absolute atomic E-state index is 11.3. The molecule has 1 unspecified atom stereocenters. The molecule has 0 aromatic carbocycles. The number of Topliss-reactive ketones (excluding diaryl/α,β-unsaturated/α-hetero) is 1. The average Bonchev–Trinajstić information content (AvgIpc) is 2.20.